The van der Waals surface area contributed by atoms with Crippen LogP contribution in [0.15, 0.2) is 55.1 Å². The quantitative estimate of drug-likeness (QED) is 0.361. The van der Waals surface area contributed by atoms with Gasteiger partial charge in [-0.05, 0) is 12.5 Å². The van der Waals surface area contributed by atoms with Gasteiger partial charge in [-0.3, -0.25) is 0 Å². The zero-order valence-corrected chi connectivity index (χ0v) is 11.9. The molecule has 0 bridgehead atoms. The summed E-state index contributed by atoms with van der Waals surface area (Å²) in [5.41, 5.74) is 1.55. The molecule has 0 aliphatic rings. The lowest BCUT2D eigenvalue weighted by Gasteiger charge is -2.15. The molecule has 0 amide bonds. The van der Waals surface area contributed by atoms with Gasteiger partial charge in [0.25, 0.3) is 0 Å². The summed E-state index contributed by atoms with van der Waals surface area (Å²) in [5.74, 6) is -0.355. The molecule has 1 unspecified atom stereocenters. The number of rotatable bonds is 7. The van der Waals surface area contributed by atoms with E-state index in [0.717, 1.165) is 5.56 Å². The number of esters is 1. The molecule has 19 heavy (non-hydrogen) atoms. The van der Waals surface area contributed by atoms with Crippen LogP contribution in [0.25, 0.3) is 0 Å². The highest BCUT2D eigenvalue weighted by Gasteiger charge is 2.06. The Morgan fingerprint density at radius 1 is 1.42 bits per heavy atom. The summed E-state index contributed by atoms with van der Waals surface area (Å²) in [6.07, 6.45) is 1.83. The van der Waals surface area contributed by atoms with Crippen LogP contribution in [0.3, 0.4) is 0 Å². The zero-order chi connectivity index (χ0) is 13.4. The Morgan fingerprint density at radius 3 is 2.58 bits per heavy atom. The molecule has 1 atom stereocenters. The summed E-state index contributed by atoms with van der Waals surface area (Å²) in [6, 6.07) is 10.1. The van der Waals surface area contributed by atoms with Crippen molar-refractivity contribution in [2.24, 2.45) is 0 Å². The topological polar surface area (TPSA) is 38.3 Å². The Morgan fingerprint density at radius 2 is 2.05 bits per heavy atom. The molecule has 0 spiro atoms. The maximum Gasteiger partial charge on any atom is 0.333 e. The van der Waals surface area contributed by atoms with Gasteiger partial charge in [-0.25, -0.2) is 4.79 Å². The summed E-state index contributed by atoms with van der Waals surface area (Å²) >= 11 is 0. The van der Waals surface area contributed by atoms with Gasteiger partial charge < -0.3 is 10.1 Å². The first kappa shape index (κ1) is 17.4. The monoisotopic (exact) mass is 281 g/mol. The number of hydrogen-bond donors (Lipinski definition) is 1. The number of hydrogen-bond acceptors (Lipinski definition) is 3. The van der Waals surface area contributed by atoms with Crippen molar-refractivity contribution >= 4 is 18.4 Å². The maximum absolute atomic E-state index is 11.2. The molecule has 1 aromatic rings. The summed E-state index contributed by atoms with van der Waals surface area (Å²) < 4.78 is 5.00. The Kier molecular flexibility index (Phi) is 8.58. The fraction of sp³-hybridized carbons (Fsp3) is 0.267. The first-order valence-electron chi connectivity index (χ1n) is 5.88. The lowest BCUT2D eigenvalue weighted by Crippen LogP contribution is -2.25. The van der Waals surface area contributed by atoms with Crippen LogP contribution in [0.4, 0.5) is 0 Å². The van der Waals surface area contributed by atoms with E-state index in [-0.39, 0.29) is 24.4 Å². The van der Waals surface area contributed by atoms with E-state index >= 15 is 0 Å². The predicted octanol–water partition coefficient (Wildman–Crippen LogP) is 3.04. The first-order chi connectivity index (χ1) is 8.65. The minimum Gasteiger partial charge on any atom is -0.461 e. The van der Waals surface area contributed by atoms with Gasteiger partial charge in [0.1, 0.15) is 6.61 Å². The SMILES string of the molecule is C=CC(NCCOC(=O)C(=C)C)c1ccccc1.Cl. The fourth-order valence-electron chi connectivity index (χ4n) is 1.48. The molecule has 0 aromatic heterocycles. The third-order valence-corrected chi connectivity index (χ3v) is 2.44. The second-order valence-corrected chi connectivity index (χ2v) is 3.99. The van der Waals surface area contributed by atoms with Crippen LogP contribution in [0, 0.1) is 0 Å². The molecule has 0 aliphatic heterocycles. The molecule has 1 N–H and O–H groups in total. The molecule has 4 heteroatoms. The second kappa shape index (κ2) is 9.36. The van der Waals surface area contributed by atoms with Crippen LogP contribution in [0.2, 0.25) is 0 Å². The molecule has 1 rings (SSSR count). The van der Waals surface area contributed by atoms with Gasteiger partial charge in [-0.1, -0.05) is 43.0 Å². The lowest BCUT2D eigenvalue weighted by atomic mass is 10.1. The molecule has 3 nitrogen and oxygen atoms in total. The van der Waals surface area contributed by atoms with E-state index in [2.05, 4.69) is 18.5 Å². The number of halogens is 1. The van der Waals surface area contributed by atoms with Crippen LogP contribution in [-0.4, -0.2) is 19.1 Å². The third kappa shape index (κ3) is 6.22. The van der Waals surface area contributed by atoms with Crippen molar-refractivity contribution in [1.29, 1.82) is 0 Å². The second-order valence-electron chi connectivity index (χ2n) is 3.99. The highest BCUT2D eigenvalue weighted by molar-refractivity contribution is 5.86. The summed E-state index contributed by atoms with van der Waals surface area (Å²) in [6.45, 7) is 9.84. The van der Waals surface area contributed by atoms with Crippen molar-refractivity contribution in [3.05, 3.63) is 60.7 Å². The van der Waals surface area contributed by atoms with E-state index in [0.29, 0.717) is 18.7 Å². The molecule has 1 aromatic carbocycles. The molecule has 0 heterocycles. The minimum atomic E-state index is -0.355. The maximum atomic E-state index is 11.2. The highest BCUT2D eigenvalue weighted by atomic mass is 35.5. The molecule has 0 aliphatic carbocycles. The molecular formula is C15H20ClNO2. The van der Waals surface area contributed by atoms with Crippen molar-refractivity contribution in [1.82, 2.24) is 5.32 Å². The van der Waals surface area contributed by atoms with E-state index < -0.39 is 0 Å². The van der Waals surface area contributed by atoms with Crippen LogP contribution >= 0.6 is 12.4 Å². The first-order valence-corrected chi connectivity index (χ1v) is 5.88. The Balaban J connectivity index is 0.00000324. The molecular weight excluding hydrogens is 262 g/mol. The zero-order valence-electron chi connectivity index (χ0n) is 11.1. The summed E-state index contributed by atoms with van der Waals surface area (Å²) in [4.78, 5) is 11.2. The van der Waals surface area contributed by atoms with Crippen molar-refractivity contribution in [2.75, 3.05) is 13.2 Å². The molecule has 0 saturated heterocycles. The van der Waals surface area contributed by atoms with Crippen molar-refractivity contribution < 1.29 is 9.53 Å². The largest absolute Gasteiger partial charge is 0.461 e. The standard InChI is InChI=1S/C15H19NO2.ClH/c1-4-14(13-8-6-5-7-9-13)16-10-11-18-15(17)12(2)3;/h4-9,14,16H,1-2,10-11H2,3H3;1H. The lowest BCUT2D eigenvalue weighted by molar-refractivity contribution is -0.138. The smallest absolute Gasteiger partial charge is 0.333 e. The van der Waals surface area contributed by atoms with Crippen LogP contribution in [-0.2, 0) is 9.53 Å². The third-order valence-electron chi connectivity index (χ3n) is 2.44. The van der Waals surface area contributed by atoms with Gasteiger partial charge >= 0.3 is 5.97 Å². The summed E-state index contributed by atoms with van der Waals surface area (Å²) in [5, 5.41) is 3.26. The van der Waals surface area contributed by atoms with Gasteiger partial charge in [0, 0.05) is 12.1 Å². The van der Waals surface area contributed by atoms with Gasteiger partial charge in [0.05, 0.1) is 6.04 Å². The van der Waals surface area contributed by atoms with Gasteiger partial charge in [0.2, 0.25) is 0 Å². The van der Waals surface area contributed by atoms with E-state index in [1.54, 1.807) is 6.92 Å². The Bertz CT molecular complexity index is 417. The van der Waals surface area contributed by atoms with E-state index in [4.69, 9.17) is 4.74 Å². The van der Waals surface area contributed by atoms with Gasteiger partial charge in [-0.15, -0.1) is 19.0 Å². The van der Waals surface area contributed by atoms with Crippen molar-refractivity contribution in [3.8, 4) is 0 Å². The summed E-state index contributed by atoms with van der Waals surface area (Å²) in [7, 11) is 0. The highest BCUT2D eigenvalue weighted by Crippen LogP contribution is 2.12. The average Bonchev–Trinajstić information content (AvgIpc) is 2.39. The number of carbonyl (C=O) groups is 1. The van der Waals surface area contributed by atoms with Crippen LogP contribution in [0.5, 0.6) is 0 Å². The molecule has 0 radical (unpaired) electrons. The van der Waals surface area contributed by atoms with E-state index in [1.165, 1.54) is 0 Å². The van der Waals surface area contributed by atoms with Crippen LogP contribution < -0.4 is 5.32 Å². The Labute approximate surface area is 120 Å². The van der Waals surface area contributed by atoms with E-state index in [9.17, 15) is 4.79 Å². The normalized spacial score (nSPS) is 11.0. The molecule has 0 saturated carbocycles. The fourth-order valence-corrected chi connectivity index (χ4v) is 1.48. The van der Waals surface area contributed by atoms with Crippen LogP contribution in [0.1, 0.15) is 18.5 Å². The number of ether oxygens (including phenoxy) is 1. The Hall–Kier alpha value is -1.58. The van der Waals surface area contributed by atoms with Gasteiger partial charge in [0.15, 0.2) is 0 Å². The number of carbonyl (C=O) groups excluding carboxylic acids is 1. The predicted molar refractivity (Wildman–Crippen MR) is 80.4 cm³/mol. The van der Waals surface area contributed by atoms with Crippen molar-refractivity contribution in [2.45, 2.75) is 13.0 Å². The van der Waals surface area contributed by atoms with E-state index in [1.807, 2.05) is 36.4 Å². The van der Waals surface area contributed by atoms with Gasteiger partial charge in [-0.2, -0.15) is 0 Å². The average molecular weight is 282 g/mol. The molecule has 104 valence electrons. The minimum absolute atomic E-state index is 0. The van der Waals surface area contributed by atoms with Crippen molar-refractivity contribution in [3.63, 3.8) is 0 Å². The number of nitrogens with one attached hydrogen (secondary N) is 1. The number of benzene rings is 1. The molecule has 0 fully saturated rings.